The van der Waals surface area contributed by atoms with E-state index in [9.17, 15) is 46.3 Å². The summed E-state index contributed by atoms with van der Waals surface area (Å²) in [5.41, 5.74) is 5.76. The second-order valence-electron chi connectivity index (χ2n) is 21.1. The molecule has 0 aliphatic carbocycles. The van der Waals surface area contributed by atoms with Gasteiger partial charge in [-0.3, -0.25) is 19.3 Å². The summed E-state index contributed by atoms with van der Waals surface area (Å²) in [5, 5.41) is 6.04. The van der Waals surface area contributed by atoms with Crippen molar-refractivity contribution in [3.8, 4) is 0 Å². The number of aldehydes is 3. The Morgan fingerprint density at radius 1 is 0.484 bits per heavy atom. The van der Waals surface area contributed by atoms with Gasteiger partial charge in [0.15, 0.2) is 18.9 Å². The van der Waals surface area contributed by atoms with Crippen molar-refractivity contribution in [3.63, 3.8) is 0 Å². The molecule has 24 heteroatoms. The van der Waals surface area contributed by atoms with Crippen LogP contribution in [0.4, 0.5) is 55.2 Å². The summed E-state index contributed by atoms with van der Waals surface area (Å²) in [7, 11) is 0. The van der Waals surface area contributed by atoms with Crippen LogP contribution in [0.3, 0.4) is 0 Å². The molecule has 91 heavy (non-hydrogen) atoms. The molecule has 8 aromatic rings. The number of carbonyl (C=O) groups is 6. The normalized spacial score (nSPS) is 10.2. The second kappa shape index (κ2) is 40.3. The van der Waals surface area contributed by atoms with Crippen molar-refractivity contribution in [3.05, 3.63) is 236 Å². The number of nitrogen functional groups attached to an aromatic ring is 1. The third kappa shape index (κ3) is 33.7. The molecule has 4 aromatic carbocycles. The number of pyridine rings is 4. The average Bonchev–Trinajstić information content (AvgIpc) is 1.65. The number of aromatic nitrogens is 4. The Bertz CT molecular complexity index is 3450. The van der Waals surface area contributed by atoms with Gasteiger partial charge >= 0.3 is 18.4 Å². The number of halogens is 6. The number of nitrogens with zero attached hydrogens (tertiary/aromatic N) is 5. The lowest BCUT2D eigenvalue weighted by Crippen LogP contribution is -2.37. The summed E-state index contributed by atoms with van der Waals surface area (Å²) < 4.78 is 73.9. The van der Waals surface area contributed by atoms with Gasteiger partial charge in [-0.05, 0) is 173 Å². The minimum absolute atomic E-state index is 0. The lowest BCUT2D eigenvalue weighted by molar-refractivity contribution is -0.0294. The zero-order chi connectivity index (χ0) is 66.2. The van der Waals surface area contributed by atoms with Crippen LogP contribution in [0.1, 0.15) is 125 Å². The lowest BCUT2D eigenvalue weighted by Gasteiger charge is -2.27. The molecular weight excluding hydrogens is 1310 g/mol. The predicted octanol–water partition coefficient (Wildman–Crippen LogP) is 17.4. The molecule has 0 saturated heterocycles. The maximum Gasteiger partial charge on any atom is 0.519 e. The minimum Gasteiger partial charge on any atom is -0.443 e. The number of amides is 1. The molecule has 0 spiro atoms. The van der Waals surface area contributed by atoms with E-state index in [1.165, 1.54) is 59.8 Å². The summed E-state index contributed by atoms with van der Waals surface area (Å²) in [6, 6.07) is 39.0. The first kappa shape index (κ1) is 79.6. The maximum atomic E-state index is 13.9. The van der Waals surface area contributed by atoms with Crippen LogP contribution < -0.4 is 21.3 Å². The zero-order valence-corrected chi connectivity index (χ0v) is 53.4. The van der Waals surface area contributed by atoms with Crippen LogP contribution in [0.2, 0.25) is 0 Å². The van der Waals surface area contributed by atoms with Crippen molar-refractivity contribution in [1.29, 1.82) is 0 Å². The molecule has 0 unspecified atom stereocenters. The summed E-state index contributed by atoms with van der Waals surface area (Å²) >= 11 is 6.53. The molecule has 0 fully saturated rings. The van der Waals surface area contributed by atoms with Crippen molar-refractivity contribution in [2.75, 3.05) is 21.3 Å². The quantitative estimate of drug-likeness (QED) is 0.0338. The summed E-state index contributed by atoms with van der Waals surface area (Å²) in [6.07, 6.45) is 5.30. The predicted molar refractivity (Wildman–Crippen MR) is 353 cm³/mol. The summed E-state index contributed by atoms with van der Waals surface area (Å²) in [5.74, 6) is 0.830. The smallest absolute Gasteiger partial charge is 0.443 e. The Hall–Kier alpha value is -9.42. The van der Waals surface area contributed by atoms with Crippen LogP contribution in [-0.2, 0) is 38.6 Å². The highest BCUT2D eigenvalue weighted by Crippen LogP contribution is 2.22. The van der Waals surface area contributed by atoms with Gasteiger partial charge in [0.25, 0.3) is 0 Å². The summed E-state index contributed by atoms with van der Waals surface area (Å²) in [6.45, 7) is 16.0. The molecule has 4 heterocycles. The van der Waals surface area contributed by atoms with E-state index in [1.54, 1.807) is 154 Å². The molecule has 0 saturated carbocycles. The average molecular weight is 1390 g/mol. The van der Waals surface area contributed by atoms with Crippen molar-refractivity contribution in [2.24, 2.45) is 0 Å². The highest BCUT2D eigenvalue weighted by molar-refractivity contribution is 9.10. The second-order valence-corrected chi connectivity index (χ2v) is 23.0. The molecule has 4 N–H and O–H groups in total. The SMILES string of the molecule is C.C.CC(C)(C)OC(=O)N(Cc1ccccc1F)c1ccc(C=O)cn1.CC(C)(C)OC(=O)OC(=O)OC(C)(C)C.Fc1ccccc1CNc1ccc(Br)cn1.Nc1ccc(Br)cn1.O=Cc1ccc(NCc2ccccc2F)nc1.O=Cc1ccccc1F. The van der Waals surface area contributed by atoms with Gasteiger partial charge in [-0.15, -0.1) is 0 Å². The number of ether oxygens (including phenoxy) is 4. The highest BCUT2D eigenvalue weighted by atomic mass is 79.9. The number of anilines is 4. The Balaban J connectivity index is 0.000000561. The van der Waals surface area contributed by atoms with Gasteiger partial charge in [-0.1, -0.05) is 81.6 Å². The fourth-order valence-corrected chi connectivity index (χ4v) is 6.73. The standard InChI is InChI=1S/C18H19FN2O3.C13H11FN2O.C12H10BrFN2.C10H18O5.C7H5FO.C5H5BrN2.2CH4/c1-18(2,3)24-17(23)21(11-14-6-4-5-7-15(14)19)16-9-8-13(12-22)10-20-16;14-12-4-2-1-3-11(12)8-16-13-6-5-10(9-17)7-15-13;13-10-5-6-12(16-8-10)15-7-9-3-1-2-4-11(9)14;1-9(2,3)14-7(11)13-8(12)15-10(4,5)6;8-7-4-2-1-3-6(7)5-9;6-4-1-2-5(7)8-3-4;;/h4-10,12H,11H2,1-3H3;1-7,9H,8H2,(H,15,16);1-6,8H,7H2,(H,15,16);1-6H3;1-5H;1-3H,(H2,7,8);2*1H4. The first-order valence-electron chi connectivity index (χ1n) is 26.8. The van der Waals surface area contributed by atoms with Crippen LogP contribution in [0.25, 0.3) is 0 Å². The van der Waals surface area contributed by atoms with Gasteiger partial charge in [-0.2, -0.15) is 0 Å². The minimum atomic E-state index is -1.06. The molecule has 0 atom stereocenters. The number of hydrogen-bond acceptors (Lipinski definition) is 17. The van der Waals surface area contributed by atoms with Gasteiger partial charge in [-0.25, -0.2) is 51.9 Å². The van der Waals surface area contributed by atoms with Crippen LogP contribution in [-0.4, -0.2) is 74.0 Å². The summed E-state index contributed by atoms with van der Waals surface area (Å²) in [4.78, 5) is 83.0. The van der Waals surface area contributed by atoms with Crippen LogP contribution in [0, 0.1) is 23.3 Å². The lowest BCUT2D eigenvalue weighted by atomic mass is 10.2. The number of hydrogen-bond donors (Lipinski definition) is 3. The van der Waals surface area contributed by atoms with Crippen molar-refractivity contribution >= 4 is 92.4 Å². The van der Waals surface area contributed by atoms with Crippen LogP contribution in [0.15, 0.2) is 179 Å². The van der Waals surface area contributed by atoms with E-state index in [2.05, 4.69) is 67.2 Å². The van der Waals surface area contributed by atoms with E-state index >= 15 is 0 Å². The number of nitrogens with two attached hydrogens (primary N) is 1. The van der Waals surface area contributed by atoms with E-state index in [1.807, 2.05) is 24.3 Å². The number of rotatable bonds is 12. The Morgan fingerprint density at radius 2 is 0.879 bits per heavy atom. The zero-order valence-electron chi connectivity index (χ0n) is 50.2. The molecule has 1 amide bonds. The number of benzene rings is 4. The first-order valence-corrected chi connectivity index (χ1v) is 28.4. The molecule has 8 rings (SSSR count). The number of carbonyl (C=O) groups excluding carboxylic acids is 6. The molecule has 0 aliphatic heterocycles. The molecule has 4 aromatic heterocycles. The molecule has 486 valence electrons. The van der Waals surface area contributed by atoms with Crippen LogP contribution >= 0.6 is 31.9 Å². The highest BCUT2D eigenvalue weighted by Gasteiger charge is 2.26. The van der Waals surface area contributed by atoms with E-state index in [4.69, 9.17) is 19.9 Å². The molecule has 0 bridgehead atoms. The van der Waals surface area contributed by atoms with Crippen LogP contribution in [0.5, 0.6) is 0 Å². The largest absolute Gasteiger partial charge is 0.519 e. The van der Waals surface area contributed by atoms with E-state index in [-0.39, 0.29) is 44.4 Å². The number of nitrogens with one attached hydrogen (secondary N) is 2. The van der Waals surface area contributed by atoms with Gasteiger partial charge in [0.05, 0.1) is 12.1 Å². The molecule has 0 radical (unpaired) electrons. The third-order valence-corrected chi connectivity index (χ3v) is 11.2. The molecule has 0 aliphatic rings. The topological polar surface area (TPSA) is 244 Å². The van der Waals surface area contributed by atoms with E-state index < -0.39 is 46.8 Å². The van der Waals surface area contributed by atoms with Gasteiger partial charge < -0.3 is 35.3 Å². The van der Waals surface area contributed by atoms with E-state index in [0.717, 1.165) is 21.0 Å². The fourth-order valence-electron chi connectivity index (χ4n) is 6.26. The van der Waals surface area contributed by atoms with Crippen molar-refractivity contribution in [2.45, 2.75) is 114 Å². The van der Waals surface area contributed by atoms with Gasteiger partial charge in [0.2, 0.25) is 0 Å². The monoisotopic (exact) mass is 1390 g/mol. The fraction of sp³-hybridized carbons (Fsp3) is 0.254. The van der Waals surface area contributed by atoms with Crippen molar-refractivity contribution in [1.82, 2.24) is 19.9 Å². The van der Waals surface area contributed by atoms with E-state index in [0.29, 0.717) is 65.1 Å². The Morgan fingerprint density at radius 3 is 1.22 bits per heavy atom. The Labute approximate surface area is 545 Å². The maximum absolute atomic E-state index is 13.9. The van der Waals surface area contributed by atoms with Gasteiger partial charge in [0, 0.05) is 74.6 Å². The third-order valence-electron chi connectivity index (χ3n) is 10.3. The van der Waals surface area contributed by atoms with Crippen molar-refractivity contribution < 1.29 is 65.3 Å². The molecule has 18 nitrogen and oxygen atoms in total. The first-order chi connectivity index (χ1) is 42.0. The molecular formula is C67H76Br2F4N8O10. The van der Waals surface area contributed by atoms with Gasteiger partial charge in [0.1, 0.15) is 63.3 Å². The Kier molecular flexibility index (Phi) is 35.2.